The zero-order chi connectivity index (χ0) is 17.6. The molecule has 128 valence electrons. The molecule has 0 saturated carbocycles. The Morgan fingerprint density at radius 2 is 1.64 bits per heavy atom. The predicted octanol–water partition coefficient (Wildman–Crippen LogP) is 3.49. The fourth-order valence-corrected chi connectivity index (χ4v) is 3.15. The zero-order valence-electron chi connectivity index (χ0n) is 14.0. The third-order valence-corrected chi connectivity index (χ3v) is 4.79. The van der Waals surface area contributed by atoms with E-state index in [1.165, 1.54) is 0 Å². The van der Waals surface area contributed by atoms with E-state index in [1.54, 1.807) is 12.1 Å². The number of nitrogens with zero attached hydrogens (tertiary/aromatic N) is 3. The first-order valence-corrected chi connectivity index (χ1v) is 8.81. The van der Waals surface area contributed by atoms with Gasteiger partial charge in [-0.2, -0.15) is 5.26 Å². The Hall–Kier alpha value is -2.51. The van der Waals surface area contributed by atoms with Crippen molar-refractivity contribution in [1.82, 2.24) is 4.90 Å². The number of amides is 1. The van der Waals surface area contributed by atoms with Gasteiger partial charge in [0, 0.05) is 43.3 Å². The van der Waals surface area contributed by atoms with Crippen LogP contribution in [0, 0.1) is 11.3 Å². The third-order valence-electron chi connectivity index (χ3n) is 4.53. The van der Waals surface area contributed by atoms with Gasteiger partial charge in [0.25, 0.3) is 0 Å². The van der Waals surface area contributed by atoms with Gasteiger partial charge in [-0.15, -0.1) is 0 Å². The van der Waals surface area contributed by atoms with Gasteiger partial charge in [0.1, 0.15) is 0 Å². The Kier molecular flexibility index (Phi) is 5.57. The predicted molar refractivity (Wildman–Crippen MR) is 99.7 cm³/mol. The first-order valence-electron chi connectivity index (χ1n) is 8.43. The number of anilines is 1. The zero-order valence-corrected chi connectivity index (χ0v) is 14.7. The van der Waals surface area contributed by atoms with E-state index in [-0.39, 0.29) is 5.91 Å². The van der Waals surface area contributed by atoms with E-state index < -0.39 is 0 Å². The molecule has 5 heteroatoms. The maximum absolute atomic E-state index is 12.4. The topological polar surface area (TPSA) is 47.3 Å². The molecular formula is C20H20ClN3O. The minimum absolute atomic E-state index is 0.195. The van der Waals surface area contributed by atoms with Crippen molar-refractivity contribution in [2.24, 2.45) is 0 Å². The van der Waals surface area contributed by atoms with Crippen molar-refractivity contribution in [2.45, 2.75) is 12.8 Å². The lowest BCUT2D eigenvalue weighted by molar-refractivity contribution is -0.131. The van der Waals surface area contributed by atoms with E-state index in [2.05, 4.69) is 11.0 Å². The number of halogens is 1. The Morgan fingerprint density at radius 3 is 2.24 bits per heavy atom. The summed E-state index contributed by atoms with van der Waals surface area (Å²) in [6.07, 6.45) is 1.22. The lowest BCUT2D eigenvalue weighted by atomic mass is 10.1. The van der Waals surface area contributed by atoms with E-state index in [1.807, 2.05) is 41.3 Å². The molecule has 1 aliphatic heterocycles. The third kappa shape index (κ3) is 4.52. The monoisotopic (exact) mass is 353 g/mol. The minimum Gasteiger partial charge on any atom is -0.368 e. The molecule has 1 amide bonds. The fraction of sp³-hybridized carbons (Fsp3) is 0.300. The van der Waals surface area contributed by atoms with Crippen LogP contribution in [-0.2, 0) is 11.2 Å². The molecule has 0 atom stereocenters. The maximum Gasteiger partial charge on any atom is 0.223 e. The van der Waals surface area contributed by atoms with Gasteiger partial charge in [-0.3, -0.25) is 4.79 Å². The van der Waals surface area contributed by atoms with Crippen molar-refractivity contribution >= 4 is 23.2 Å². The molecule has 3 rings (SSSR count). The van der Waals surface area contributed by atoms with Crippen LogP contribution in [0.3, 0.4) is 0 Å². The Balaban J connectivity index is 1.48. The number of hydrogen-bond donors (Lipinski definition) is 0. The molecule has 25 heavy (non-hydrogen) atoms. The lowest BCUT2D eigenvalue weighted by Crippen LogP contribution is -2.48. The van der Waals surface area contributed by atoms with Crippen LogP contribution in [0.25, 0.3) is 0 Å². The molecular weight excluding hydrogens is 334 g/mol. The van der Waals surface area contributed by atoms with Gasteiger partial charge in [0.15, 0.2) is 0 Å². The second-order valence-electron chi connectivity index (χ2n) is 6.15. The summed E-state index contributed by atoms with van der Waals surface area (Å²) in [7, 11) is 0. The number of benzene rings is 2. The first-order chi connectivity index (χ1) is 12.2. The lowest BCUT2D eigenvalue weighted by Gasteiger charge is -2.36. The molecule has 2 aromatic rings. The van der Waals surface area contributed by atoms with E-state index in [0.29, 0.717) is 18.4 Å². The average Bonchev–Trinajstić information content (AvgIpc) is 2.67. The number of hydrogen-bond acceptors (Lipinski definition) is 3. The van der Waals surface area contributed by atoms with Gasteiger partial charge in [0.05, 0.1) is 11.6 Å². The van der Waals surface area contributed by atoms with Crippen molar-refractivity contribution in [3.05, 3.63) is 64.7 Å². The van der Waals surface area contributed by atoms with Crippen molar-refractivity contribution in [3.8, 4) is 6.07 Å². The van der Waals surface area contributed by atoms with Gasteiger partial charge in [0.2, 0.25) is 5.91 Å². The van der Waals surface area contributed by atoms with Gasteiger partial charge in [-0.05, 0) is 48.4 Å². The Labute approximate surface area is 153 Å². The normalized spacial score (nSPS) is 14.2. The molecule has 0 aliphatic carbocycles. The molecule has 0 aromatic heterocycles. The number of carbonyl (C=O) groups is 1. The molecule has 0 unspecified atom stereocenters. The van der Waals surface area contributed by atoms with Gasteiger partial charge in [-0.1, -0.05) is 23.7 Å². The summed E-state index contributed by atoms with van der Waals surface area (Å²) in [5.41, 5.74) is 2.88. The number of rotatable bonds is 4. The van der Waals surface area contributed by atoms with Crippen LogP contribution in [0.4, 0.5) is 5.69 Å². The Bertz CT molecular complexity index is 757. The molecule has 1 saturated heterocycles. The molecule has 0 spiro atoms. The second-order valence-corrected chi connectivity index (χ2v) is 6.59. The van der Waals surface area contributed by atoms with Crippen LogP contribution in [-0.4, -0.2) is 37.0 Å². The highest BCUT2D eigenvalue weighted by atomic mass is 35.5. The summed E-state index contributed by atoms with van der Waals surface area (Å²) in [4.78, 5) is 16.6. The van der Waals surface area contributed by atoms with E-state index in [0.717, 1.165) is 42.5 Å². The van der Waals surface area contributed by atoms with Crippen molar-refractivity contribution in [1.29, 1.82) is 5.26 Å². The highest BCUT2D eigenvalue weighted by molar-refractivity contribution is 6.30. The van der Waals surface area contributed by atoms with Gasteiger partial charge < -0.3 is 9.80 Å². The van der Waals surface area contributed by atoms with Crippen LogP contribution >= 0.6 is 11.6 Å². The molecule has 2 aromatic carbocycles. The van der Waals surface area contributed by atoms with E-state index in [9.17, 15) is 4.79 Å². The highest BCUT2D eigenvalue weighted by Gasteiger charge is 2.21. The first kappa shape index (κ1) is 17.3. The minimum atomic E-state index is 0.195. The summed E-state index contributed by atoms with van der Waals surface area (Å²) < 4.78 is 0. The van der Waals surface area contributed by atoms with Crippen molar-refractivity contribution in [3.63, 3.8) is 0 Å². The summed E-state index contributed by atoms with van der Waals surface area (Å²) >= 11 is 5.93. The molecule has 1 fully saturated rings. The summed E-state index contributed by atoms with van der Waals surface area (Å²) in [5, 5.41) is 9.55. The summed E-state index contributed by atoms with van der Waals surface area (Å²) in [6.45, 7) is 3.16. The molecule has 0 radical (unpaired) electrons. The van der Waals surface area contributed by atoms with Crippen molar-refractivity contribution in [2.75, 3.05) is 31.1 Å². The van der Waals surface area contributed by atoms with Crippen LogP contribution in [0.1, 0.15) is 17.5 Å². The number of nitriles is 1. The summed E-state index contributed by atoms with van der Waals surface area (Å²) in [6, 6.07) is 17.4. The van der Waals surface area contributed by atoms with Crippen LogP contribution in [0.15, 0.2) is 48.5 Å². The second kappa shape index (κ2) is 8.04. The average molecular weight is 354 g/mol. The molecule has 0 N–H and O–H groups in total. The molecule has 1 heterocycles. The maximum atomic E-state index is 12.4. The SMILES string of the molecule is N#Cc1ccc(CCC(=O)N2CCN(c3ccc(Cl)cc3)CC2)cc1. The van der Waals surface area contributed by atoms with Crippen LogP contribution < -0.4 is 4.90 Å². The molecule has 4 nitrogen and oxygen atoms in total. The van der Waals surface area contributed by atoms with Gasteiger partial charge in [-0.25, -0.2) is 0 Å². The number of piperazine rings is 1. The van der Waals surface area contributed by atoms with Gasteiger partial charge >= 0.3 is 0 Å². The smallest absolute Gasteiger partial charge is 0.223 e. The fourth-order valence-electron chi connectivity index (χ4n) is 3.02. The van der Waals surface area contributed by atoms with E-state index in [4.69, 9.17) is 16.9 Å². The largest absolute Gasteiger partial charge is 0.368 e. The molecule has 0 bridgehead atoms. The number of aryl methyl sites for hydroxylation is 1. The highest BCUT2D eigenvalue weighted by Crippen LogP contribution is 2.19. The van der Waals surface area contributed by atoms with Crippen molar-refractivity contribution < 1.29 is 4.79 Å². The summed E-state index contributed by atoms with van der Waals surface area (Å²) in [5.74, 6) is 0.195. The van der Waals surface area contributed by atoms with Crippen LogP contribution in [0.2, 0.25) is 5.02 Å². The van der Waals surface area contributed by atoms with E-state index >= 15 is 0 Å². The Morgan fingerprint density at radius 1 is 1.00 bits per heavy atom. The quantitative estimate of drug-likeness (QED) is 0.845. The van der Waals surface area contributed by atoms with Crippen LogP contribution in [0.5, 0.6) is 0 Å². The molecule has 1 aliphatic rings. The standard InChI is InChI=1S/C20H20ClN3O/c21-18-6-8-19(9-7-18)23-11-13-24(14-12-23)20(25)10-5-16-1-3-17(15-22)4-2-16/h1-4,6-9H,5,10-14H2. The number of carbonyl (C=O) groups excluding carboxylic acids is 1.